The summed E-state index contributed by atoms with van der Waals surface area (Å²) in [6, 6.07) is 9.03. The van der Waals surface area contributed by atoms with Crippen LogP contribution in [-0.4, -0.2) is 24.0 Å². The van der Waals surface area contributed by atoms with Gasteiger partial charge in [0.1, 0.15) is 0 Å². The van der Waals surface area contributed by atoms with Crippen molar-refractivity contribution >= 4 is 11.6 Å². The monoisotopic (exact) mass is 251 g/mol. The molecule has 1 atom stereocenters. The second kappa shape index (κ2) is 6.42. The molecule has 0 aliphatic carbocycles. The van der Waals surface area contributed by atoms with Gasteiger partial charge in [-0.3, -0.25) is 0 Å². The molecule has 1 fully saturated rings. The van der Waals surface area contributed by atoms with Crippen molar-refractivity contribution in [2.45, 2.75) is 45.1 Å². The van der Waals surface area contributed by atoms with Crippen molar-refractivity contribution in [3.05, 3.63) is 34.9 Å². The standard InChI is InChI=1S/C15H22ClN/c1-2-15(17-10-4-3-5-11-17)12-13-6-8-14(16)9-7-13/h6-9,15H,2-5,10-12H2,1H3. The molecule has 0 saturated carbocycles. The van der Waals surface area contributed by atoms with Crippen LogP contribution >= 0.6 is 11.6 Å². The third-order valence-electron chi connectivity index (χ3n) is 3.76. The van der Waals surface area contributed by atoms with Crippen molar-refractivity contribution in [2.75, 3.05) is 13.1 Å². The predicted molar refractivity (Wildman–Crippen MR) is 74.7 cm³/mol. The molecule has 2 heteroatoms. The van der Waals surface area contributed by atoms with Gasteiger partial charge in [0, 0.05) is 11.1 Å². The van der Waals surface area contributed by atoms with Crippen LogP contribution in [0.2, 0.25) is 5.02 Å². The number of hydrogen-bond acceptors (Lipinski definition) is 1. The molecule has 2 rings (SSSR count). The topological polar surface area (TPSA) is 3.24 Å². The van der Waals surface area contributed by atoms with E-state index in [4.69, 9.17) is 11.6 Å². The number of nitrogens with zero attached hydrogens (tertiary/aromatic N) is 1. The van der Waals surface area contributed by atoms with E-state index in [0.29, 0.717) is 6.04 Å². The van der Waals surface area contributed by atoms with E-state index in [1.165, 1.54) is 44.3 Å². The fraction of sp³-hybridized carbons (Fsp3) is 0.600. The van der Waals surface area contributed by atoms with E-state index in [1.807, 2.05) is 12.1 Å². The molecule has 94 valence electrons. The Hall–Kier alpha value is -0.530. The summed E-state index contributed by atoms with van der Waals surface area (Å²) in [4.78, 5) is 2.66. The Morgan fingerprint density at radius 2 is 1.76 bits per heavy atom. The van der Waals surface area contributed by atoms with E-state index >= 15 is 0 Å². The largest absolute Gasteiger partial charge is 0.300 e. The van der Waals surface area contributed by atoms with Crippen molar-refractivity contribution in [2.24, 2.45) is 0 Å². The molecule has 0 bridgehead atoms. The average Bonchev–Trinajstić information content (AvgIpc) is 2.39. The molecule has 1 aromatic rings. The second-order valence-corrected chi connectivity index (χ2v) is 5.43. The van der Waals surface area contributed by atoms with Gasteiger partial charge in [0.05, 0.1) is 0 Å². The summed E-state index contributed by atoms with van der Waals surface area (Å²) in [5.74, 6) is 0. The lowest BCUT2D eigenvalue weighted by atomic mass is 10.00. The van der Waals surface area contributed by atoms with E-state index in [-0.39, 0.29) is 0 Å². The highest BCUT2D eigenvalue weighted by Gasteiger charge is 2.19. The quantitative estimate of drug-likeness (QED) is 0.777. The summed E-state index contributed by atoms with van der Waals surface area (Å²) in [5, 5.41) is 0.833. The van der Waals surface area contributed by atoms with Gasteiger partial charge in [-0.15, -0.1) is 0 Å². The number of likely N-dealkylation sites (tertiary alicyclic amines) is 1. The Labute approximate surface area is 110 Å². The maximum absolute atomic E-state index is 5.92. The molecule has 1 nitrogen and oxygen atoms in total. The molecular formula is C15H22ClN. The Morgan fingerprint density at radius 1 is 1.12 bits per heavy atom. The zero-order valence-electron chi connectivity index (χ0n) is 10.7. The summed E-state index contributed by atoms with van der Waals surface area (Å²) in [5.41, 5.74) is 1.41. The van der Waals surface area contributed by atoms with Gasteiger partial charge in [-0.25, -0.2) is 0 Å². The molecule has 1 saturated heterocycles. The molecule has 1 heterocycles. The molecule has 1 aromatic carbocycles. The molecule has 0 N–H and O–H groups in total. The maximum Gasteiger partial charge on any atom is 0.0406 e. The third kappa shape index (κ3) is 3.72. The van der Waals surface area contributed by atoms with Crippen LogP contribution in [-0.2, 0) is 6.42 Å². The number of piperidine rings is 1. The minimum atomic E-state index is 0.705. The summed E-state index contributed by atoms with van der Waals surface area (Å²) in [7, 11) is 0. The molecule has 17 heavy (non-hydrogen) atoms. The van der Waals surface area contributed by atoms with Gasteiger partial charge in [0.15, 0.2) is 0 Å². The van der Waals surface area contributed by atoms with Crippen LogP contribution in [0, 0.1) is 0 Å². The van der Waals surface area contributed by atoms with E-state index in [9.17, 15) is 0 Å². The highest BCUT2D eigenvalue weighted by atomic mass is 35.5. The van der Waals surface area contributed by atoms with E-state index < -0.39 is 0 Å². The van der Waals surface area contributed by atoms with E-state index in [2.05, 4.69) is 24.0 Å². The van der Waals surface area contributed by atoms with Crippen LogP contribution in [0.3, 0.4) is 0 Å². The lowest BCUT2D eigenvalue weighted by Gasteiger charge is -2.34. The number of benzene rings is 1. The molecule has 0 spiro atoms. The van der Waals surface area contributed by atoms with Crippen molar-refractivity contribution < 1.29 is 0 Å². The van der Waals surface area contributed by atoms with Gasteiger partial charge in [-0.2, -0.15) is 0 Å². The minimum absolute atomic E-state index is 0.705. The normalized spacial score (nSPS) is 19.2. The predicted octanol–water partition coefficient (Wildman–Crippen LogP) is 4.15. The summed E-state index contributed by atoms with van der Waals surface area (Å²) in [6.07, 6.45) is 6.55. The Bertz CT molecular complexity index is 327. The van der Waals surface area contributed by atoms with Crippen LogP contribution in [0.1, 0.15) is 38.2 Å². The number of rotatable bonds is 4. The van der Waals surface area contributed by atoms with Gasteiger partial charge in [0.2, 0.25) is 0 Å². The molecule has 1 aliphatic rings. The summed E-state index contributed by atoms with van der Waals surface area (Å²) in [6.45, 7) is 4.87. The molecule has 1 unspecified atom stereocenters. The third-order valence-corrected chi connectivity index (χ3v) is 4.01. The second-order valence-electron chi connectivity index (χ2n) is 4.99. The van der Waals surface area contributed by atoms with Crippen molar-refractivity contribution in [3.63, 3.8) is 0 Å². The zero-order valence-corrected chi connectivity index (χ0v) is 11.4. The van der Waals surface area contributed by atoms with E-state index in [0.717, 1.165) is 11.4 Å². The molecule has 0 aromatic heterocycles. The fourth-order valence-corrected chi connectivity index (χ4v) is 2.83. The van der Waals surface area contributed by atoms with Gasteiger partial charge in [-0.05, 0) is 56.5 Å². The first-order chi connectivity index (χ1) is 8.29. The molecule has 0 radical (unpaired) electrons. The van der Waals surface area contributed by atoms with E-state index in [1.54, 1.807) is 0 Å². The molecular weight excluding hydrogens is 230 g/mol. The highest BCUT2D eigenvalue weighted by Crippen LogP contribution is 2.19. The maximum atomic E-state index is 5.92. The Kier molecular flexibility index (Phi) is 4.87. The van der Waals surface area contributed by atoms with Gasteiger partial charge in [-0.1, -0.05) is 37.1 Å². The number of hydrogen-bond donors (Lipinski definition) is 0. The van der Waals surface area contributed by atoms with Gasteiger partial charge >= 0.3 is 0 Å². The molecule has 1 aliphatic heterocycles. The van der Waals surface area contributed by atoms with Crippen LogP contribution < -0.4 is 0 Å². The zero-order chi connectivity index (χ0) is 12.1. The smallest absolute Gasteiger partial charge is 0.0406 e. The Morgan fingerprint density at radius 3 is 2.35 bits per heavy atom. The van der Waals surface area contributed by atoms with Crippen LogP contribution in [0.15, 0.2) is 24.3 Å². The SMILES string of the molecule is CCC(Cc1ccc(Cl)cc1)N1CCCCC1. The molecule has 0 amide bonds. The average molecular weight is 252 g/mol. The Balaban J connectivity index is 1.96. The summed E-state index contributed by atoms with van der Waals surface area (Å²) < 4.78 is 0. The lowest BCUT2D eigenvalue weighted by Crippen LogP contribution is -2.40. The first kappa shape index (κ1) is 12.9. The first-order valence-electron chi connectivity index (χ1n) is 6.78. The lowest BCUT2D eigenvalue weighted by molar-refractivity contribution is 0.158. The summed E-state index contributed by atoms with van der Waals surface area (Å²) >= 11 is 5.92. The fourth-order valence-electron chi connectivity index (χ4n) is 2.71. The van der Waals surface area contributed by atoms with Gasteiger partial charge in [0.25, 0.3) is 0 Å². The van der Waals surface area contributed by atoms with Crippen LogP contribution in [0.4, 0.5) is 0 Å². The van der Waals surface area contributed by atoms with Crippen molar-refractivity contribution in [1.82, 2.24) is 4.90 Å². The minimum Gasteiger partial charge on any atom is -0.300 e. The van der Waals surface area contributed by atoms with Crippen molar-refractivity contribution in [3.8, 4) is 0 Å². The van der Waals surface area contributed by atoms with Crippen LogP contribution in [0.5, 0.6) is 0 Å². The van der Waals surface area contributed by atoms with Crippen LogP contribution in [0.25, 0.3) is 0 Å². The van der Waals surface area contributed by atoms with Gasteiger partial charge < -0.3 is 4.90 Å². The van der Waals surface area contributed by atoms with Crippen molar-refractivity contribution in [1.29, 1.82) is 0 Å². The highest BCUT2D eigenvalue weighted by molar-refractivity contribution is 6.30. The number of halogens is 1. The first-order valence-corrected chi connectivity index (χ1v) is 7.16.